The molecule has 2 aromatic rings. The maximum atomic E-state index is 12.5. The van der Waals surface area contributed by atoms with Crippen LogP contribution in [0.15, 0.2) is 60.7 Å². The Bertz CT molecular complexity index is 951. The van der Waals surface area contributed by atoms with Crippen LogP contribution in [0.5, 0.6) is 0 Å². The van der Waals surface area contributed by atoms with Crippen molar-refractivity contribution in [2.75, 3.05) is 19.6 Å². The number of rotatable bonds is 9. The lowest BCUT2D eigenvalue weighted by atomic mass is 9.91. The summed E-state index contributed by atoms with van der Waals surface area (Å²) in [5.74, 6) is 0.473. The number of nitro groups is 1. The van der Waals surface area contributed by atoms with Crippen LogP contribution in [0.3, 0.4) is 0 Å². The van der Waals surface area contributed by atoms with Gasteiger partial charge in [0.05, 0.1) is 10.5 Å². The average Bonchev–Trinajstić information content (AvgIpc) is 2.83. The first-order valence-corrected chi connectivity index (χ1v) is 11.1. The lowest BCUT2D eigenvalue weighted by Crippen LogP contribution is -2.38. The Kier molecular flexibility index (Phi) is 8.54. The summed E-state index contributed by atoms with van der Waals surface area (Å²) in [6, 6.07) is 15.7. The Morgan fingerprint density at radius 3 is 2.44 bits per heavy atom. The summed E-state index contributed by atoms with van der Waals surface area (Å²) in [5.41, 5.74) is 1.13. The molecule has 0 atom stereocenters. The van der Waals surface area contributed by atoms with Gasteiger partial charge in [-0.1, -0.05) is 43.2 Å². The van der Waals surface area contributed by atoms with Gasteiger partial charge in [-0.05, 0) is 49.5 Å². The molecule has 32 heavy (non-hydrogen) atoms. The highest BCUT2D eigenvalue weighted by atomic mass is 16.6. The molecule has 7 heteroatoms. The Hall–Kier alpha value is -3.48. The SMILES string of the molecule is O=C(/C=C/c1ccccc1[N+](=O)[O-])NCCCCC1CCN(C(=O)c2ccccc2)CC1. The normalized spacial score (nSPS) is 14.4. The highest BCUT2D eigenvalue weighted by molar-refractivity contribution is 5.94. The number of nitro benzene ring substituents is 1. The van der Waals surface area contributed by atoms with Crippen molar-refractivity contribution in [1.82, 2.24) is 10.2 Å². The number of nitrogens with one attached hydrogen (secondary N) is 1. The van der Waals surface area contributed by atoms with Gasteiger partial charge in [0.2, 0.25) is 5.91 Å². The predicted molar refractivity (Wildman–Crippen MR) is 124 cm³/mol. The molecule has 0 radical (unpaired) electrons. The first-order valence-electron chi connectivity index (χ1n) is 11.1. The van der Waals surface area contributed by atoms with Crippen LogP contribution < -0.4 is 5.32 Å². The third-order valence-corrected chi connectivity index (χ3v) is 5.81. The summed E-state index contributed by atoms with van der Waals surface area (Å²) in [6.45, 7) is 2.17. The van der Waals surface area contributed by atoms with Gasteiger partial charge < -0.3 is 10.2 Å². The van der Waals surface area contributed by atoms with E-state index in [9.17, 15) is 19.7 Å². The zero-order valence-electron chi connectivity index (χ0n) is 18.1. The van der Waals surface area contributed by atoms with Crippen molar-refractivity contribution in [2.45, 2.75) is 32.1 Å². The molecule has 168 valence electrons. The maximum absolute atomic E-state index is 12.5. The lowest BCUT2D eigenvalue weighted by Gasteiger charge is -2.32. The van der Waals surface area contributed by atoms with E-state index in [-0.39, 0.29) is 17.5 Å². The Balaban J connectivity index is 1.31. The number of hydrogen-bond donors (Lipinski definition) is 1. The molecule has 7 nitrogen and oxygen atoms in total. The molecule has 1 fully saturated rings. The van der Waals surface area contributed by atoms with Crippen LogP contribution in [0.25, 0.3) is 6.08 Å². The molecular formula is C25H29N3O4. The third-order valence-electron chi connectivity index (χ3n) is 5.81. The molecule has 2 amide bonds. The van der Waals surface area contributed by atoms with Gasteiger partial charge in [-0.25, -0.2) is 0 Å². The molecular weight excluding hydrogens is 406 g/mol. The highest BCUT2D eigenvalue weighted by Gasteiger charge is 2.23. The standard InChI is InChI=1S/C25H29N3O4/c29-24(14-13-21-9-4-5-12-23(21)28(31)32)26-17-7-6-8-20-15-18-27(19-16-20)25(30)22-10-2-1-3-11-22/h1-5,9-14,20H,6-8,15-19H2,(H,26,29)/b14-13+. The number of benzene rings is 2. The van der Waals surface area contributed by atoms with Crippen LogP contribution in [0.1, 0.15) is 48.0 Å². The second-order valence-corrected chi connectivity index (χ2v) is 8.04. The summed E-state index contributed by atoms with van der Waals surface area (Å²) in [7, 11) is 0. The molecule has 1 aliphatic heterocycles. The largest absolute Gasteiger partial charge is 0.353 e. The van der Waals surface area contributed by atoms with Crippen LogP contribution in [-0.4, -0.2) is 41.3 Å². The smallest absolute Gasteiger partial charge is 0.276 e. The van der Waals surface area contributed by atoms with Gasteiger partial charge >= 0.3 is 0 Å². The fourth-order valence-corrected chi connectivity index (χ4v) is 3.98. The summed E-state index contributed by atoms with van der Waals surface area (Å²) in [6.07, 6.45) is 7.84. The Morgan fingerprint density at radius 2 is 1.72 bits per heavy atom. The van der Waals surface area contributed by atoms with E-state index >= 15 is 0 Å². The number of para-hydroxylation sites is 1. The quantitative estimate of drug-likeness (QED) is 0.273. The first-order chi connectivity index (χ1) is 15.5. The molecule has 3 rings (SSSR count). The van der Waals surface area contributed by atoms with Crippen LogP contribution in [0, 0.1) is 16.0 Å². The van der Waals surface area contributed by atoms with Crippen LogP contribution in [0.2, 0.25) is 0 Å². The number of carbonyl (C=O) groups is 2. The van der Waals surface area contributed by atoms with Gasteiger partial charge in [-0.15, -0.1) is 0 Å². The topological polar surface area (TPSA) is 92.5 Å². The highest BCUT2D eigenvalue weighted by Crippen LogP contribution is 2.23. The van der Waals surface area contributed by atoms with Crippen molar-refractivity contribution in [3.63, 3.8) is 0 Å². The Labute approximate surface area is 188 Å². The fraction of sp³-hybridized carbons (Fsp3) is 0.360. The molecule has 2 aromatic carbocycles. The second kappa shape index (κ2) is 11.8. The van der Waals surface area contributed by atoms with Crippen molar-refractivity contribution < 1.29 is 14.5 Å². The molecule has 0 aromatic heterocycles. The maximum Gasteiger partial charge on any atom is 0.276 e. The zero-order valence-corrected chi connectivity index (χ0v) is 18.1. The van der Waals surface area contributed by atoms with Gasteiger partial charge in [0.15, 0.2) is 0 Å². The van der Waals surface area contributed by atoms with Crippen LogP contribution in [-0.2, 0) is 4.79 Å². The number of amides is 2. The Morgan fingerprint density at radius 1 is 1.03 bits per heavy atom. The number of unbranched alkanes of at least 4 members (excludes halogenated alkanes) is 1. The molecule has 1 aliphatic rings. The molecule has 0 bridgehead atoms. The van der Waals surface area contributed by atoms with Gasteiger partial charge in [0, 0.05) is 37.3 Å². The molecule has 1 N–H and O–H groups in total. The van der Waals surface area contributed by atoms with E-state index < -0.39 is 4.92 Å². The van der Waals surface area contributed by atoms with E-state index in [1.165, 1.54) is 18.2 Å². The summed E-state index contributed by atoms with van der Waals surface area (Å²) in [4.78, 5) is 37.0. The van der Waals surface area contributed by atoms with E-state index in [4.69, 9.17) is 0 Å². The van der Waals surface area contributed by atoms with E-state index in [0.29, 0.717) is 18.0 Å². The van der Waals surface area contributed by atoms with Crippen LogP contribution >= 0.6 is 0 Å². The number of nitrogens with zero attached hydrogens (tertiary/aromatic N) is 2. The van der Waals surface area contributed by atoms with E-state index in [2.05, 4.69) is 5.32 Å². The van der Waals surface area contributed by atoms with Crippen molar-refractivity contribution in [3.05, 3.63) is 81.9 Å². The molecule has 1 saturated heterocycles. The van der Waals surface area contributed by atoms with Crippen molar-refractivity contribution in [1.29, 1.82) is 0 Å². The van der Waals surface area contributed by atoms with E-state index in [1.54, 1.807) is 18.2 Å². The third kappa shape index (κ3) is 6.77. The summed E-state index contributed by atoms with van der Waals surface area (Å²) in [5, 5.41) is 13.8. The second-order valence-electron chi connectivity index (χ2n) is 8.04. The van der Waals surface area contributed by atoms with E-state index in [0.717, 1.165) is 50.8 Å². The van der Waals surface area contributed by atoms with Gasteiger partial charge in [0.1, 0.15) is 0 Å². The molecule has 0 unspecified atom stereocenters. The minimum atomic E-state index is -0.459. The summed E-state index contributed by atoms with van der Waals surface area (Å²) >= 11 is 0. The lowest BCUT2D eigenvalue weighted by molar-refractivity contribution is -0.385. The number of likely N-dealkylation sites (tertiary alicyclic amines) is 1. The minimum Gasteiger partial charge on any atom is -0.353 e. The van der Waals surface area contributed by atoms with Gasteiger partial charge in [-0.3, -0.25) is 19.7 Å². The zero-order chi connectivity index (χ0) is 22.8. The number of hydrogen-bond acceptors (Lipinski definition) is 4. The predicted octanol–water partition coefficient (Wildman–Crippen LogP) is 4.45. The molecule has 0 aliphatic carbocycles. The molecule has 0 spiro atoms. The number of carbonyl (C=O) groups excluding carboxylic acids is 2. The van der Waals surface area contributed by atoms with Gasteiger partial charge in [0.25, 0.3) is 11.6 Å². The van der Waals surface area contributed by atoms with Crippen LogP contribution in [0.4, 0.5) is 5.69 Å². The number of piperidine rings is 1. The van der Waals surface area contributed by atoms with Crippen molar-refractivity contribution >= 4 is 23.6 Å². The minimum absolute atomic E-state index is 0.0203. The van der Waals surface area contributed by atoms with Crippen molar-refractivity contribution in [2.24, 2.45) is 5.92 Å². The average molecular weight is 436 g/mol. The molecule has 1 heterocycles. The monoisotopic (exact) mass is 435 g/mol. The van der Waals surface area contributed by atoms with E-state index in [1.807, 2.05) is 35.2 Å². The summed E-state index contributed by atoms with van der Waals surface area (Å²) < 4.78 is 0. The van der Waals surface area contributed by atoms with Gasteiger partial charge in [-0.2, -0.15) is 0 Å². The first kappa shape index (κ1) is 23.2. The fourth-order valence-electron chi connectivity index (χ4n) is 3.98. The van der Waals surface area contributed by atoms with Crippen molar-refractivity contribution in [3.8, 4) is 0 Å². The molecule has 0 saturated carbocycles.